The molecule has 1 heterocycles. The maximum absolute atomic E-state index is 13.2. The highest BCUT2D eigenvalue weighted by Gasteiger charge is 2.27. The fraction of sp³-hybridized carbons (Fsp3) is 0.261. The fourth-order valence-corrected chi connectivity index (χ4v) is 3.63. The smallest absolute Gasteiger partial charge is 0.307 e. The molecule has 1 amide bonds. The molecule has 5 nitrogen and oxygen atoms in total. The Hall–Kier alpha value is -3.21. The number of carboxylic acids is 1. The first kappa shape index (κ1) is 18.2. The summed E-state index contributed by atoms with van der Waals surface area (Å²) in [6.45, 7) is 4.02. The molecule has 142 valence electrons. The minimum absolute atomic E-state index is 0.140. The van der Waals surface area contributed by atoms with Gasteiger partial charge in [-0.15, -0.1) is 0 Å². The first-order chi connectivity index (χ1) is 13.4. The molecular weight excluding hydrogens is 352 g/mol. The number of fused-ring (bicyclic) bond motifs is 1. The van der Waals surface area contributed by atoms with Crippen molar-refractivity contribution in [2.45, 2.75) is 39.0 Å². The zero-order chi connectivity index (χ0) is 19.8. The average molecular weight is 374 g/mol. The lowest BCUT2D eigenvalue weighted by atomic mass is 10.00. The van der Waals surface area contributed by atoms with Gasteiger partial charge in [-0.2, -0.15) is 0 Å². The van der Waals surface area contributed by atoms with E-state index >= 15 is 0 Å². The van der Waals surface area contributed by atoms with E-state index in [1.807, 2.05) is 26.0 Å². The average Bonchev–Trinajstić information content (AvgIpc) is 3.47. The van der Waals surface area contributed by atoms with E-state index in [9.17, 15) is 9.59 Å². The van der Waals surface area contributed by atoms with Gasteiger partial charge in [0.05, 0.1) is 17.5 Å². The number of nitrogens with one attached hydrogen (secondary N) is 1. The first-order valence-electron chi connectivity index (χ1n) is 9.45. The van der Waals surface area contributed by atoms with Crippen molar-refractivity contribution in [2.75, 3.05) is 5.32 Å². The van der Waals surface area contributed by atoms with Gasteiger partial charge >= 0.3 is 5.97 Å². The first-order valence-corrected chi connectivity index (χ1v) is 9.45. The van der Waals surface area contributed by atoms with Crippen LogP contribution in [0.25, 0.3) is 10.9 Å². The van der Waals surface area contributed by atoms with Crippen LogP contribution in [-0.2, 0) is 11.2 Å². The van der Waals surface area contributed by atoms with Gasteiger partial charge in [-0.3, -0.25) is 14.6 Å². The Balaban J connectivity index is 1.78. The van der Waals surface area contributed by atoms with Crippen LogP contribution in [0.5, 0.6) is 0 Å². The Morgan fingerprint density at radius 1 is 1.14 bits per heavy atom. The SMILES string of the molecule is Cc1cc(C)c2nc(C3CC3)cc(C(=O)Nc3ccccc3CC(=O)O)c2c1. The minimum Gasteiger partial charge on any atom is -0.481 e. The lowest BCUT2D eigenvalue weighted by molar-refractivity contribution is -0.136. The van der Waals surface area contributed by atoms with Crippen molar-refractivity contribution in [3.05, 3.63) is 70.4 Å². The molecule has 1 aliphatic rings. The van der Waals surface area contributed by atoms with Crippen LogP contribution in [0.4, 0.5) is 5.69 Å². The van der Waals surface area contributed by atoms with Gasteiger partial charge in [0.25, 0.3) is 5.91 Å². The Kier molecular flexibility index (Phi) is 4.59. The van der Waals surface area contributed by atoms with Crippen LogP contribution < -0.4 is 5.32 Å². The number of carbonyl (C=O) groups is 2. The third kappa shape index (κ3) is 3.60. The molecule has 5 heteroatoms. The molecule has 2 aromatic carbocycles. The summed E-state index contributed by atoms with van der Waals surface area (Å²) in [6.07, 6.45) is 2.07. The number of aryl methyl sites for hydroxylation is 2. The molecule has 0 saturated heterocycles. The second-order valence-corrected chi connectivity index (χ2v) is 7.53. The Bertz CT molecular complexity index is 1100. The summed E-state index contributed by atoms with van der Waals surface area (Å²) in [5.74, 6) is -0.744. The lowest BCUT2D eigenvalue weighted by Gasteiger charge is -2.14. The molecule has 0 atom stereocenters. The molecule has 2 N–H and O–H groups in total. The van der Waals surface area contributed by atoms with Gasteiger partial charge in [-0.25, -0.2) is 0 Å². The number of carboxylic acid groups (broad SMARTS) is 1. The van der Waals surface area contributed by atoms with Gasteiger partial charge in [0, 0.05) is 22.7 Å². The maximum atomic E-state index is 13.2. The van der Waals surface area contributed by atoms with Crippen molar-refractivity contribution in [3.63, 3.8) is 0 Å². The van der Waals surface area contributed by atoms with Crippen molar-refractivity contribution in [1.29, 1.82) is 0 Å². The normalized spacial score (nSPS) is 13.5. The molecule has 0 aliphatic heterocycles. The summed E-state index contributed by atoms with van der Waals surface area (Å²) in [7, 11) is 0. The zero-order valence-corrected chi connectivity index (χ0v) is 16.0. The third-order valence-corrected chi connectivity index (χ3v) is 5.12. The highest BCUT2D eigenvalue weighted by Crippen LogP contribution is 2.40. The molecule has 0 radical (unpaired) electrons. The van der Waals surface area contributed by atoms with Gasteiger partial charge in [-0.05, 0) is 56.0 Å². The highest BCUT2D eigenvalue weighted by atomic mass is 16.4. The zero-order valence-electron chi connectivity index (χ0n) is 16.0. The van der Waals surface area contributed by atoms with Crippen LogP contribution in [0, 0.1) is 13.8 Å². The molecule has 1 fully saturated rings. The predicted octanol–water partition coefficient (Wildman–Crippen LogP) is 4.61. The lowest BCUT2D eigenvalue weighted by Crippen LogP contribution is -2.16. The van der Waals surface area contributed by atoms with Crippen molar-refractivity contribution in [3.8, 4) is 0 Å². The number of pyridine rings is 1. The third-order valence-electron chi connectivity index (χ3n) is 5.12. The maximum Gasteiger partial charge on any atom is 0.307 e. The van der Waals surface area contributed by atoms with Crippen LogP contribution in [0.15, 0.2) is 42.5 Å². The summed E-state index contributed by atoms with van der Waals surface area (Å²) in [4.78, 5) is 29.2. The number of para-hydroxylation sites is 1. The van der Waals surface area contributed by atoms with Crippen LogP contribution in [0.3, 0.4) is 0 Å². The fourth-order valence-electron chi connectivity index (χ4n) is 3.63. The van der Waals surface area contributed by atoms with Crippen LogP contribution >= 0.6 is 0 Å². The van der Waals surface area contributed by atoms with Gasteiger partial charge in [0.15, 0.2) is 0 Å². The molecule has 0 bridgehead atoms. The van der Waals surface area contributed by atoms with E-state index < -0.39 is 5.97 Å². The number of hydrogen-bond donors (Lipinski definition) is 2. The van der Waals surface area contributed by atoms with Crippen molar-refractivity contribution in [1.82, 2.24) is 4.98 Å². The van der Waals surface area contributed by atoms with Gasteiger partial charge in [-0.1, -0.05) is 29.8 Å². The summed E-state index contributed by atoms with van der Waals surface area (Å²) < 4.78 is 0. The van der Waals surface area contributed by atoms with Gasteiger partial charge in [0.1, 0.15) is 0 Å². The van der Waals surface area contributed by atoms with Crippen LogP contribution in [0.2, 0.25) is 0 Å². The molecule has 3 aromatic rings. The topological polar surface area (TPSA) is 79.3 Å². The van der Waals surface area contributed by atoms with Crippen molar-refractivity contribution >= 4 is 28.5 Å². The van der Waals surface area contributed by atoms with Gasteiger partial charge < -0.3 is 10.4 Å². The van der Waals surface area contributed by atoms with E-state index in [1.54, 1.807) is 24.3 Å². The molecule has 28 heavy (non-hydrogen) atoms. The number of amides is 1. The Morgan fingerprint density at radius 2 is 1.89 bits per heavy atom. The minimum atomic E-state index is -0.932. The van der Waals surface area contributed by atoms with Crippen molar-refractivity contribution < 1.29 is 14.7 Å². The Morgan fingerprint density at radius 3 is 2.61 bits per heavy atom. The number of anilines is 1. The molecular formula is C23H22N2O3. The molecule has 0 spiro atoms. The Labute approximate surface area is 163 Å². The molecule has 4 rings (SSSR count). The standard InChI is InChI=1S/C23H22N2O3/c1-13-9-14(2)22-17(10-13)18(12-20(24-22)15-7-8-15)23(28)25-19-6-4-3-5-16(19)11-21(26)27/h3-6,9-10,12,15H,7-8,11H2,1-2H3,(H,25,28)(H,26,27). The number of benzene rings is 2. The van der Waals surface area contributed by atoms with Crippen LogP contribution in [0.1, 0.15) is 51.5 Å². The molecule has 1 aliphatic carbocycles. The number of aromatic nitrogens is 1. The quantitative estimate of drug-likeness (QED) is 0.684. The van der Waals surface area contributed by atoms with E-state index in [1.165, 1.54) is 0 Å². The molecule has 0 unspecified atom stereocenters. The van der Waals surface area contributed by atoms with Crippen LogP contribution in [-0.4, -0.2) is 22.0 Å². The number of rotatable bonds is 5. The van der Waals surface area contributed by atoms with Crippen molar-refractivity contribution in [2.24, 2.45) is 0 Å². The largest absolute Gasteiger partial charge is 0.481 e. The van der Waals surface area contributed by atoms with E-state index in [0.29, 0.717) is 22.7 Å². The van der Waals surface area contributed by atoms with E-state index in [0.717, 1.165) is 40.6 Å². The van der Waals surface area contributed by atoms with Gasteiger partial charge in [0.2, 0.25) is 0 Å². The molecule has 1 saturated carbocycles. The predicted molar refractivity (Wildman–Crippen MR) is 109 cm³/mol. The van der Waals surface area contributed by atoms with E-state index in [4.69, 9.17) is 10.1 Å². The van der Waals surface area contributed by atoms with E-state index in [2.05, 4.69) is 11.4 Å². The highest BCUT2D eigenvalue weighted by molar-refractivity contribution is 6.13. The van der Waals surface area contributed by atoms with E-state index in [-0.39, 0.29) is 12.3 Å². The summed E-state index contributed by atoms with van der Waals surface area (Å²) >= 11 is 0. The monoisotopic (exact) mass is 374 g/mol. The summed E-state index contributed by atoms with van der Waals surface area (Å²) in [5.41, 5.74) is 5.64. The molecule has 1 aromatic heterocycles. The second-order valence-electron chi connectivity index (χ2n) is 7.53. The second kappa shape index (κ2) is 7.08. The number of aliphatic carboxylic acids is 1. The summed E-state index contributed by atoms with van der Waals surface area (Å²) in [6, 6.07) is 13.0. The summed E-state index contributed by atoms with van der Waals surface area (Å²) in [5, 5.41) is 12.9. The number of carbonyl (C=O) groups excluding carboxylic acids is 1. The number of nitrogens with zero attached hydrogens (tertiary/aromatic N) is 1. The number of hydrogen-bond acceptors (Lipinski definition) is 3.